The van der Waals surface area contributed by atoms with Crippen LogP contribution in [0, 0.1) is 13.8 Å². The molecule has 2 amide bonds. The molecular formula is C29H29ClN3O2+. The summed E-state index contributed by atoms with van der Waals surface area (Å²) in [5.74, 6) is -0.776. The molecule has 5 nitrogen and oxygen atoms in total. The standard InChI is InChI=1S/C29H28ClN3O2/c1-20-10-9-15-24(21(20)2)33-28(34)25(30)27(29(33)35)32-18-16-31(17-19-32)26(22-11-5-3-6-12-22)23-13-7-4-8-14-23/h3-15,26H,16-19H2,1-2H3/p+1. The molecule has 3 aromatic rings. The molecule has 0 radical (unpaired) electrons. The van der Waals surface area contributed by atoms with Gasteiger partial charge in [-0.1, -0.05) is 84.4 Å². The smallest absolute Gasteiger partial charge is 0.283 e. The number of quaternary nitrogens is 1. The first kappa shape index (κ1) is 23.3. The van der Waals surface area contributed by atoms with E-state index in [1.807, 2.05) is 43.0 Å². The molecule has 0 atom stereocenters. The first-order valence-electron chi connectivity index (χ1n) is 12.0. The van der Waals surface area contributed by atoms with Crippen molar-refractivity contribution in [1.29, 1.82) is 0 Å². The fourth-order valence-corrected chi connectivity index (χ4v) is 5.51. The number of halogens is 1. The second-order valence-corrected chi connectivity index (χ2v) is 9.60. The molecular weight excluding hydrogens is 458 g/mol. The van der Waals surface area contributed by atoms with Crippen LogP contribution in [-0.4, -0.2) is 42.9 Å². The summed E-state index contributed by atoms with van der Waals surface area (Å²) in [6.45, 7) is 6.85. The second kappa shape index (κ2) is 9.68. The highest BCUT2D eigenvalue weighted by atomic mass is 35.5. The van der Waals surface area contributed by atoms with Gasteiger partial charge in [-0.25, -0.2) is 4.90 Å². The molecule has 2 heterocycles. The molecule has 0 spiro atoms. The molecule has 0 unspecified atom stereocenters. The van der Waals surface area contributed by atoms with Gasteiger partial charge >= 0.3 is 0 Å². The lowest BCUT2D eigenvalue weighted by Crippen LogP contribution is -3.15. The second-order valence-electron chi connectivity index (χ2n) is 9.23. The van der Waals surface area contributed by atoms with Crippen LogP contribution in [0.2, 0.25) is 0 Å². The minimum Gasteiger partial charge on any atom is -0.354 e. The summed E-state index contributed by atoms with van der Waals surface area (Å²) in [6, 6.07) is 26.9. The molecule has 5 rings (SSSR count). The van der Waals surface area contributed by atoms with E-state index in [4.69, 9.17) is 11.6 Å². The van der Waals surface area contributed by atoms with E-state index in [1.54, 1.807) is 6.07 Å². The maximum atomic E-state index is 13.5. The minimum atomic E-state index is -0.443. The van der Waals surface area contributed by atoms with Gasteiger partial charge in [-0.15, -0.1) is 0 Å². The fraction of sp³-hybridized carbons (Fsp3) is 0.241. The number of amides is 2. The van der Waals surface area contributed by atoms with Crippen molar-refractivity contribution in [2.75, 3.05) is 31.1 Å². The number of hydrogen-bond donors (Lipinski definition) is 1. The number of carbonyl (C=O) groups excluding carboxylic acids is 2. The summed E-state index contributed by atoms with van der Waals surface area (Å²) in [6.07, 6.45) is 0. The Bertz CT molecular complexity index is 1240. The van der Waals surface area contributed by atoms with Crippen molar-refractivity contribution in [2.45, 2.75) is 19.9 Å². The Hall–Kier alpha value is -3.41. The van der Waals surface area contributed by atoms with Crippen LogP contribution in [0.5, 0.6) is 0 Å². The van der Waals surface area contributed by atoms with Gasteiger partial charge in [0.05, 0.1) is 31.9 Å². The van der Waals surface area contributed by atoms with E-state index in [-0.39, 0.29) is 17.0 Å². The molecule has 1 N–H and O–H groups in total. The van der Waals surface area contributed by atoms with Crippen molar-refractivity contribution in [1.82, 2.24) is 4.90 Å². The summed E-state index contributed by atoms with van der Waals surface area (Å²) in [5.41, 5.74) is 5.40. The quantitative estimate of drug-likeness (QED) is 0.560. The molecule has 35 heavy (non-hydrogen) atoms. The van der Waals surface area contributed by atoms with Crippen molar-refractivity contribution in [3.63, 3.8) is 0 Å². The summed E-state index contributed by atoms with van der Waals surface area (Å²) < 4.78 is 0. The number of nitrogens with one attached hydrogen (secondary N) is 1. The van der Waals surface area contributed by atoms with E-state index in [2.05, 4.69) is 48.5 Å². The summed E-state index contributed by atoms with van der Waals surface area (Å²) in [5, 5.41) is 0.0158. The number of anilines is 1. The van der Waals surface area contributed by atoms with Crippen LogP contribution in [0.25, 0.3) is 0 Å². The molecule has 0 bridgehead atoms. The van der Waals surface area contributed by atoms with Gasteiger partial charge in [-0.05, 0) is 31.0 Å². The third-order valence-electron chi connectivity index (χ3n) is 7.22. The molecule has 6 heteroatoms. The number of hydrogen-bond acceptors (Lipinski definition) is 3. The largest absolute Gasteiger partial charge is 0.354 e. The number of imide groups is 1. The molecule has 2 aliphatic rings. The van der Waals surface area contributed by atoms with Crippen LogP contribution in [-0.2, 0) is 9.59 Å². The van der Waals surface area contributed by atoms with Gasteiger partial charge in [-0.2, -0.15) is 0 Å². The molecule has 178 valence electrons. The third kappa shape index (κ3) is 4.26. The molecule has 1 saturated heterocycles. The zero-order valence-corrected chi connectivity index (χ0v) is 20.8. The lowest BCUT2D eigenvalue weighted by molar-refractivity contribution is -0.929. The average molecular weight is 487 g/mol. The predicted octanol–water partition coefficient (Wildman–Crippen LogP) is 3.62. The van der Waals surface area contributed by atoms with Crippen molar-refractivity contribution in [3.8, 4) is 0 Å². The Labute approximate surface area is 211 Å². The molecule has 0 aliphatic carbocycles. The van der Waals surface area contributed by atoms with Crippen molar-refractivity contribution in [3.05, 3.63) is 112 Å². The normalized spacial score (nSPS) is 17.1. The summed E-state index contributed by atoms with van der Waals surface area (Å²) >= 11 is 6.50. The number of carbonyl (C=O) groups is 2. The van der Waals surface area contributed by atoms with E-state index in [1.165, 1.54) is 20.9 Å². The molecule has 0 saturated carbocycles. The van der Waals surface area contributed by atoms with Crippen molar-refractivity contribution < 1.29 is 14.5 Å². The predicted molar refractivity (Wildman–Crippen MR) is 138 cm³/mol. The van der Waals surface area contributed by atoms with Gasteiger partial charge in [0.1, 0.15) is 16.8 Å². The molecule has 0 aromatic heterocycles. The first-order valence-corrected chi connectivity index (χ1v) is 12.4. The summed E-state index contributed by atoms with van der Waals surface area (Å²) in [4.78, 5) is 31.2. The van der Waals surface area contributed by atoms with Gasteiger partial charge < -0.3 is 9.80 Å². The Morgan fingerprint density at radius 2 is 1.34 bits per heavy atom. The van der Waals surface area contributed by atoms with Gasteiger partial charge in [0, 0.05) is 11.1 Å². The monoisotopic (exact) mass is 486 g/mol. The van der Waals surface area contributed by atoms with Crippen LogP contribution in [0.3, 0.4) is 0 Å². The zero-order chi connectivity index (χ0) is 24.5. The van der Waals surface area contributed by atoms with Crippen molar-refractivity contribution in [2.24, 2.45) is 0 Å². The summed E-state index contributed by atoms with van der Waals surface area (Å²) in [7, 11) is 0. The van der Waals surface area contributed by atoms with E-state index in [0.29, 0.717) is 24.5 Å². The van der Waals surface area contributed by atoms with Gasteiger partial charge in [0.15, 0.2) is 0 Å². The van der Waals surface area contributed by atoms with E-state index >= 15 is 0 Å². The highest BCUT2D eigenvalue weighted by molar-refractivity contribution is 6.52. The molecule has 1 fully saturated rings. The third-order valence-corrected chi connectivity index (χ3v) is 7.56. The zero-order valence-electron chi connectivity index (χ0n) is 20.0. The lowest BCUT2D eigenvalue weighted by atomic mass is 9.96. The van der Waals surface area contributed by atoms with E-state index in [9.17, 15) is 9.59 Å². The number of benzene rings is 3. The molecule has 3 aromatic carbocycles. The Kier molecular flexibility index (Phi) is 6.46. The van der Waals surface area contributed by atoms with Crippen LogP contribution >= 0.6 is 11.6 Å². The van der Waals surface area contributed by atoms with E-state index in [0.717, 1.165) is 24.2 Å². The van der Waals surface area contributed by atoms with Crippen LogP contribution in [0.15, 0.2) is 89.6 Å². The molecule has 2 aliphatic heterocycles. The number of piperazine rings is 1. The number of nitrogens with zero attached hydrogens (tertiary/aromatic N) is 2. The van der Waals surface area contributed by atoms with Crippen molar-refractivity contribution >= 4 is 29.1 Å². The van der Waals surface area contributed by atoms with Crippen LogP contribution in [0.4, 0.5) is 5.69 Å². The average Bonchev–Trinajstić information content (AvgIpc) is 3.11. The maximum Gasteiger partial charge on any atom is 0.283 e. The van der Waals surface area contributed by atoms with E-state index < -0.39 is 5.91 Å². The van der Waals surface area contributed by atoms with Gasteiger partial charge in [0.2, 0.25) is 0 Å². The van der Waals surface area contributed by atoms with Crippen LogP contribution < -0.4 is 9.80 Å². The highest BCUT2D eigenvalue weighted by Gasteiger charge is 2.43. The maximum absolute atomic E-state index is 13.5. The fourth-order valence-electron chi connectivity index (χ4n) is 5.22. The topological polar surface area (TPSA) is 45.1 Å². The number of rotatable bonds is 5. The van der Waals surface area contributed by atoms with Crippen LogP contribution in [0.1, 0.15) is 28.3 Å². The Morgan fingerprint density at radius 1 is 0.771 bits per heavy atom. The SMILES string of the molecule is Cc1cccc(N2C(=O)C(Cl)=C(N3CC[NH+](C(c4ccccc4)c4ccccc4)CC3)C2=O)c1C. The lowest BCUT2D eigenvalue weighted by Gasteiger charge is -2.38. The first-order chi connectivity index (χ1) is 17.0. The minimum absolute atomic E-state index is 0.0158. The van der Waals surface area contributed by atoms with Gasteiger partial charge in [0.25, 0.3) is 11.8 Å². The van der Waals surface area contributed by atoms with Gasteiger partial charge in [-0.3, -0.25) is 9.59 Å². The Morgan fingerprint density at radius 3 is 1.91 bits per heavy atom. The number of aryl methyl sites for hydroxylation is 1. The highest BCUT2D eigenvalue weighted by Crippen LogP contribution is 2.33. The Balaban J connectivity index is 1.37.